The van der Waals surface area contributed by atoms with E-state index in [0.29, 0.717) is 34.7 Å². The number of nitrogens with one attached hydrogen (secondary N) is 1. The van der Waals surface area contributed by atoms with Crippen LogP contribution in [0, 0.1) is 0 Å². The number of nitrogens with two attached hydrogens (primary N) is 1. The number of anilines is 1. The summed E-state index contributed by atoms with van der Waals surface area (Å²) < 4.78 is 55.5. The fourth-order valence-corrected chi connectivity index (χ4v) is 5.97. The normalized spacial score (nSPS) is 22.7. The summed E-state index contributed by atoms with van der Waals surface area (Å²) in [7, 11) is 0. The number of para-hydroxylation sites is 1. The van der Waals surface area contributed by atoms with Gasteiger partial charge in [-0.25, -0.2) is 5.84 Å². The van der Waals surface area contributed by atoms with Gasteiger partial charge in [-0.15, -0.1) is 13.2 Å². The fourth-order valence-electron chi connectivity index (χ4n) is 5.97. The van der Waals surface area contributed by atoms with Crippen molar-refractivity contribution in [2.45, 2.75) is 75.6 Å². The molecule has 1 aliphatic carbocycles. The molecule has 2 unspecified atom stereocenters. The molecule has 2 atom stereocenters. The second-order valence-electron chi connectivity index (χ2n) is 10.4. The van der Waals surface area contributed by atoms with Crippen LogP contribution in [0.2, 0.25) is 0 Å². The maximum atomic E-state index is 13.1. The van der Waals surface area contributed by atoms with Crippen LogP contribution >= 0.6 is 0 Å². The van der Waals surface area contributed by atoms with Gasteiger partial charge >= 0.3 is 6.36 Å². The molecule has 0 spiro atoms. The van der Waals surface area contributed by atoms with Crippen molar-refractivity contribution in [3.63, 3.8) is 0 Å². The Labute approximate surface area is 223 Å². The minimum atomic E-state index is -4.82. The molecule has 2 aliphatic heterocycles. The van der Waals surface area contributed by atoms with E-state index in [0.717, 1.165) is 44.2 Å². The Morgan fingerprint density at radius 3 is 2.38 bits per heavy atom. The molecule has 3 N–H and O–H groups in total. The van der Waals surface area contributed by atoms with Crippen molar-refractivity contribution in [2.24, 2.45) is 5.84 Å². The first kappa shape index (κ1) is 25.7. The smallest absolute Gasteiger partial charge is 0.405 e. The first-order chi connectivity index (χ1) is 18.8. The number of halogens is 3. The highest BCUT2D eigenvalue weighted by molar-refractivity contribution is 5.94. The lowest BCUT2D eigenvalue weighted by molar-refractivity contribution is -0.274. The van der Waals surface area contributed by atoms with Gasteiger partial charge in [0.15, 0.2) is 0 Å². The minimum Gasteiger partial charge on any atom is -0.405 e. The van der Waals surface area contributed by atoms with Crippen LogP contribution < -0.4 is 20.9 Å². The number of carbonyl (C=O) groups is 1. The Kier molecular flexibility index (Phi) is 6.72. The number of amides is 1. The number of piperidine rings is 1. The lowest BCUT2D eigenvalue weighted by Crippen LogP contribution is -2.45. The average Bonchev–Trinajstić information content (AvgIpc) is 3.62. The average molecular weight is 543 g/mol. The van der Waals surface area contributed by atoms with Crippen molar-refractivity contribution in [2.75, 3.05) is 4.90 Å². The van der Waals surface area contributed by atoms with E-state index in [9.17, 15) is 18.0 Å². The number of nitrogens with zero attached hydrogens (tertiary/aromatic N) is 2. The summed E-state index contributed by atoms with van der Waals surface area (Å²) in [5, 5.41) is 4.17. The summed E-state index contributed by atoms with van der Waals surface area (Å²) in [5.41, 5.74) is 4.97. The summed E-state index contributed by atoms with van der Waals surface area (Å²) in [6.45, 7) is 0.206. The monoisotopic (exact) mass is 542 g/mol. The zero-order valence-electron chi connectivity index (χ0n) is 21.1. The molecule has 1 amide bonds. The topological polar surface area (TPSA) is 103 Å². The molecule has 3 aromatic rings. The van der Waals surface area contributed by atoms with Gasteiger partial charge in [-0.3, -0.25) is 10.2 Å². The molecule has 1 saturated carbocycles. The SMILES string of the molecule is NNC(=O)c1ccc(N2C3CCC2CC(OCc2c(-c4ccccc4OC(F)(F)F)noc2C2CC2)C3)cc1. The molecule has 3 fully saturated rings. The lowest BCUT2D eigenvalue weighted by Gasteiger charge is -2.40. The first-order valence-corrected chi connectivity index (χ1v) is 13.1. The van der Waals surface area contributed by atoms with Gasteiger partial charge in [-0.1, -0.05) is 17.3 Å². The van der Waals surface area contributed by atoms with E-state index in [1.807, 2.05) is 12.1 Å². The van der Waals surface area contributed by atoms with Gasteiger partial charge in [0.25, 0.3) is 5.91 Å². The third-order valence-corrected chi connectivity index (χ3v) is 7.85. The molecule has 3 aliphatic rings. The Bertz CT molecular complexity index is 1330. The maximum Gasteiger partial charge on any atom is 0.573 e. The highest BCUT2D eigenvalue weighted by Gasteiger charge is 2.42. The molecular weight excluding hydrogens is 513 g/mol. The molecule has 39 heavy (non-hydrogen) atoms. The Hall–Kier alpha value is -3.57. The van der Waals surface area contributed by atoms with Gasteiger partial charge < -0.3 is 18.9 Å². The van der Waals surface area contributed by atoms with Gasteiger partial charge in [0.2, 0.25) is 0 Å². The van der Waals surface area contributed by atoms with Gasteiger partial charge in [0.05, 0.1) is 12.7 Å². The van der Waals surface area contributed by atoms with E-state index in [2.05, 4.69) is 20.2 Å². The number of hydrogen-bond donors (Lipinski definition) is 2. The van der Waals surface area contributed by atoms with Crippen LogP contribution in [0.1, 0.15) is 66.1 Å². The second kappa shape index (κ2) is 10.2. The van der Waals surface area contributed by atoms with Crippen LogP contribution in [0.3, 0.4) is 0 Å². The van der Waals surface area contributed by atoms with Crippen molar-refractivity contribution >= 4 is 11.6 Å². The molecular formula is C28H29F3N4O4. The molecule has 3 heterocycles. The Balaban J connectivity index is 1.18. The summed E-state index contributed by atoms with van der Waals surface area (Å²) in [6, 6.07) is 14.0. The third-order valence-electron chi connectivity index (χ3n) is 7.85. The predicted octanol–water partition coefficient (Wildman–Crippen LogP) is 5.44. The first-order valence-electron chi connectivity index (χ1n) is 13.1. The van der Waals surface area contributed by atoms with E-state index >= 15 is 0 Å². The van der Waals surface area contributed by atoms with Crippen LogP contribution in [-0.4, -0.2) is 35.6 Å². The molecule has 11 heteroatoms. The number of ether oxygens (including phenoxy) is 2. The van der Waals surface area contributed by atoms with Crippen molar-refractivity contribution in [1.29, 1.82) is 0 Å². The Morgan fingerprint density at radius 1 is 1.05 bits per heavy atom. The summed E-state index contributed by atoms with van der Waals surface area (Å²) in [4.78, 5) is 14.2. The lowest BCUT2D eigenvalue weighted by atomic mass is 9.98. The minimum absolute atomic E-state index is 0.00230. The molecule has 2 bridgehead atoms. The number of benzene rings is 2. The zero-order chi connectivity index (χ0) is 27.1. The fraction of sp³-hybridized carbons (Fsp3) is 0.429. The quantitative estimate of drug-likeness (QED) is 0.222. The highest BCUT2D eigenvalue weighted by atomic mass is 19.4. The maximum absolute atomic E-state index is 13.1. The summed E-state index contributed by atoms with van der Waals surface area (Å²) >= 11 is 0. The van der Waals surface area contributed by atoms with E-state index in [1.165, 1.54) is 12.1 Å². The molecule has 1 aromatic heterocycles. The molecule has 2 aromatic carbocycles. The van der Waals surface area contributed by atoms with Crippen LogP contribution in [0.15, 0.2) is 53.1 Å². The molecule has 2 saturated heterocycles. The second-order valence-corrected chi connectivity index (χ2v) is 10.4. The van der Waals surface area contributed by atoms with Gasteiger partial charge in [-0.2, -0.15) is 0 Å². The van der Waals surface area contributed by atoms with E-state index in [4.69, 9.17) is 15.1 Å². The van der Waals surface area contributed by atoms with Crippen LogP contribution in [0.25, 0.3) is 11.3 Å². The summed E-state index contributed by atoms with van der Waals surface area (Å²) in [5.74, 6) is 5.49. The number of hydrogen-bond acceptors (Lipinski definition) is 7. The molecule has 6 rings (SSSR count). The number of carbonyl (C=O) groups excluding carboxylic acids is 1. The van der Waals surface area contributed by atoms with Gasteiger partial charge in [0.1, 0.15) is 17.2 Å². The number of fused-ring (bicyclic) bond motifs is 2. The highest BCUT2D eigenvalue weighted by Crippen LogP contribution is 2.46. The van der Waals surface area contributed by atoms with Crippen molar-refractivity contribution in [3.8, 4) is 17.0 Å². The van der Waals surface area contributed by atoms with E-state index in [1.54, 1.807) is 24.3 Å². The van der Waals surface area contributed by atoms with Crippen LogP contribution in [0.5, 0.6) is 5.75 Å². The third kappa shape index (κ3) is 5.33. The van der Waals surface area contributed by atoms with Gasteiger partial charge in [-0.05, 0) is 74.9 Å². The number of alkyl halides is 3. The van der Waals surface area contributed by atoms with Crippen LogP contribution in [-0.2, 0) is 11.3 Å². The predicted molar refractivity (Wildman–Crippen MR) is 136 cm³/mol. The number of rotatable bonds is 8. The van der Waals surface area contributed by atoms with Crippen molar-refractivity contribution in [1.82, 2.24) is 10.6 Å². The van der Waals surface area contributed by atoms with Crippen molar-refractivity contribution < 1.29 is 32.0 Å². The zero-order valence-corrected chi connectivity index (χ0v) is 21.1. The van der Waals surface area contributed by atoms with Crippen LogP contribution in [0.4, 0.5) is 18.9 Å². The largest absolute Gasteiger partial charge is 0.573 e. The number of aromatic nitrogens is 1. The molecule has 0 radical (unpaired) electrons. The van der Waals surface area contributed by atoms with E-state index < -0.39 is 6.36 Å². The standard InChI is InChI=1S/C28H29F3N4O4/c29-28(30,31)38-24-4-2-1-3-22(24)25-23(26(39-34-25)16-5-6-16)15-37-21-13-19-11-12-20(14-21)35(19)18-9-7-17(8-10-18)27(36)33-32/h1-4,7-10,16,19-21H,5-6,11-15,32H2,(H,33,36). The molecule has 8 nitrogen and oxygen atoms in total. The van der Waals surface area contributed by atoms with E-state index in [-0.39, 0.29) is 35.8 Å². The van der Waals surface area contributed by atoms with Gasteiger partial charge in [0, 0.05) is 40.4 Å². The molecule has 206 valence electrons. The Morgan fingerprint density at radius 2 is 1.74 bits per heavy atom. The number of hydrazine groups is 1. The number of nitrogen functional groups attached to an aromatic ring is 1. The summed E-state index contributed by atoms with van der Waals surface area (Å²) in [6.07, 6.45) is 0.835. The van der Waals surface area contributed by atoms with Crippen molar-refractivity contribution in [3.05, 3.63) is 65.4 Å².